The second-order valence-corrected chi connectivity index (χ2v) is 4.90. The lowest BCUT2D eigenvalue weighted by Gasteiger charge is -2.19. The van der Waals surface area contributed by atoms with Gasteiger partial charge >= 0.3 is 5.97 Å². The maximum absolute atomic E-state index is 11.5. The van der Waals surface area contributed by atoms with Crippen molar-refractivity contribution in [2.45, 2.75) is 24.9 Å². The highest BCUT2D eigenvalue weighted by Crippen LogP contribution is 2.53. The van der Waals surface area contributed by atoms with E-state index in [1.54, 1.807) is 19.2 Å². The summed E-state index contributed by atoms with van der Waals surface area (Å²) in [5.74, 6) is -0.296. The van der Waals surface area contributed by atoms with Crippen molar-refractivity contribution in [2.75, 3.05) is 14.2 Å². The van der Waals surface area contributed by atoms with Crippen molar-refractivity contribution in [3.8, 4) is 5.75 Å². The van der Waals surface area contributed by atoms with E-state index >= 15 is 0 Å². The molecule has 0 radical (unpaired) electrons. The molecule has 1 saturated carbocycles. The summed E-state index contributed by atoms with van der Waals surface area (Å²) >= 11 is 6.00. The number of benzene rings is 1. The number of rotatable bonds is 5. The Morgan fingerprint density at radius 2 is 2.11 bits per heavy atom. The highest BCUT2D eigenvalue weighted by molar-refractivity contribution is 6.30. The maximum Gasteiger partial charge on any atom is 0.314 e. The summed E-state index contributed by atoms with van der Waals surface area (Å²) < 4.78 is 10.4. The number of carboxylic acids is 1. The SMILES string of the molecule is COCc1cc(Cl)cc(OC)c1C1(C(=O)O)CC1. The fraction of sp³-hybridized carbons (Fsp3) is 0.462. The molecule has 2 rings (SSSR count). The van der Waals surface area contributed by atoms with Crippen LogP contribution in [0.15, 0.2) is 12.1 Å². The summed E-state index contributed by atoms with van der Waals surface area (Å²) in [6.07, 6.45) is 1.24. The van der Waals surface area contributed by atoms with Crippen LogP contribution in [0.3, 0.4) is 0 Å². The van der Waals surface area contributed by atoms with Gasteiger partial charge in [0.1, 0.15) is 5.75 Å². The van der Waals surface area contributed by atoms with Crippen molar-refractivity contribution >= 4 is 17.6 Å². The van der Waals surface area contributed by atoms with Crippen molar-refractivity contribution in [2.24, 2.45) is 0 Å². The highest BCUT2D eigenvalue weighted by Gasteiger charge is 2.54. The third-order valence-corrected chi connectivity index (χ3v) is 3.52. The van der Waals surface area contributed by atoms with Gasteiger partial charge < -0.3 is 14.6 Å². The molecule has 18 heavy (non-hydrogen) atoms. The fourth-order valence-corrected chi connectivity index (χ4v) is 2.54. The van der Waals surface area contributed by atoms with E-state index in [1.807, 2.05) is 0 Å². The Balaban J connectivity index is 2.59. The number of carbonyl (C=O) groups is 1. The second-order valence-electron chi connectivity index (χ2n) is 4.46. The van der Waals surface area contributed by atoms with Crippen molar-refractivity contribution in [3.05, 3.63) is 28.3 Å². The second kappa shape index (κ2) is 4.78. The van der Waals surface area contributed by atoms with Gasteiger partial charge in [0.25, 0.3) is 0 Å². The Morgan fingerprint density at radius 3 is 2.56 bits per heavy atom. The van der Waals surface area contributed by atoms with Gasteiger partial charge in [-0.05, 0) is 30.5 Å². The fourth-order valence-electron chi connectivity index (χ4n) is 2.31. The number of carboxylic acid groups (broad SMARTS) is 1. The number of hydrogen-bond donors (Lipinski definition) is 1. The molecule has 1 aromatic carbocycles. The van der Waals surface area contributed by atoms with Crippen molar-refractivity contribution in [3.63, 3.8) is 0 Å². The van der Waals surface area contributed by atoms with E-state index in [-0.39, 0.29) is 0 Å². The molecule has 0 aliphatic heterocycles. The molecule has 0 heterocycles. The lowest BCUT2D eigenvalue weighted by molar-refractivity contribution is -0.140. The van der Waals surface area contributed by atoms with Gasteiger partial charge in [0, 0.05) is 17.7 Å². The van der Waals surface area contributed by atoms with Crippen LogP contribution in [0.5, 0.6) is 5.75 Å². The number of ether oxygens (including phenoxy) is 2. The van der Waals surface area contributed by atoms with E-state index in [0.717, 1.165) is 5.56 Å². The Labute approximate surface area is 110 Å². The number of methoxy groups -OCH3 is 2. The summed E-state index contributed by atoms with van der Waals surface area (Å²) in [7, 11) is 3.08. The Hall–Kier alpha value is -1.26. The Kier molecular flexibility index (Phi) is 3.50. The van der Waals surface area contributed by atoms with Crippen LogP contribution in [0, 0.1) is 0 Å². The van der Waals surface area contributed by atoms with E-state index < -0.39 is 11.4 Å². The largest absolute Gasteiger partial charge is 0.496 e. The molecular formula is C13H15ClO4. The topological polar surface area (TPSA) is 55.8 Å². The molecule has 98 valence electrons. The monoisotopic (exact) mass is 270 g/mol. The molecule has 0 saturated heterocycles. The van der Waals surface area contributed by atoms with E-state index in [1.165, 1.54) is 7.11 Å². The summed E-state index contributed by atoms with van der Waals surface area (Å²) in [4.78, 5) is 11.5. The van der Waals surface area contributed by atoms with Crippen molar-refractivity contribution in [1.82, 2.24) is 0 Å². The molecule has 1 N–H and O–H groups in total. The molecule has 4 nitrogen and oxygen atoms in total. The molecule has 0 amide bonds. The highest BCUT2D eigenvalue weighted by atomic mass is 35.5. The minimum Gasteiger partial charge on any atom is -0.496 e. The van der Waals surface area contributed by atoms with Crippen LogP contribution in [0.1, 0.15) is 24.0 Å². The van der Waals surface area contributed by atoms with Gasteiger partial charge in [-0.2, -0.15) is 0 Å². The van der Waals surface area contributed by atoms with Gasteiger partial charge in [0.05, 0.1) is 19.1 Å². The average Bonchev–Trinajstić information content (AvgIpc) is 3.09. The standard InChI is InChI=1S/C13H15ClO4/c1-17-7-8-5-9(14)6-10(18-2)11(8)13(3-4-13)12(15)16/h5-6H,3-4,7H2,1-2H3,(H,15,16). The van der Waals surface area contributed by atoms with E-state index in [9.17, 15) is 9.90 Å². The van der Waals surface area contributed by atoms with Crippen LogP contribution >= 0.6 is 11.6 Å². The van der Waals surface area contributed by atoms with Crippen LogP contribution in [0.4, 0.5) is 0 Å². The summed E-state index contributed by atoms with van der Waals surface area (Å²) in [5, 5.41) is 9.93. The number of halogens is 1. The third-order valence-electron chi connectivity index (χ3n) is 3.31. The maximum atomic E-state index is 11.5. The predicted molar refractivity (Wildman–Crippen MR) is 67.3 cm³/mol. The molecular weight excluding hydrogens is 256 g/mol. The molecule has 0 atom stereocenters. The molecule has 5 heteroatoms. The molecule has 1 fully saturated rings. The van der Waals surface area contributed by atoms with Gasteiger partial charge in [-0.1, -0.05) is 11.6 Å². The normalized spacial score (nSPS) is 16.4. The first-order valence-electron chi connectivity index (χ1n) is 5.64. The van der Waals surface area contributed by atoms with Crippen molar-refractivity contribution in [1.29, 1.82) is 0 Å². The third kappa shape index (κ3) is 2.06. The quantitative estimate of drug-likeness (QED) is 0.894. The van der Waals surface area contributed by atoms with Gasteiger partial charge in [-0.25, -0.2) is 0 Å². The molecule has 1 aliphatic rings. The molecule has 1 aliphatic carbocycles. The lowest BCUT2D eigenvalue weighted by atomic mass is 9.90. The van der Waals surface area contributed by atoms with E-state index in [4.69, 9.17) is 21.1 Å². The van der Waals surface area contributed by atoms with Gasteiger partial charge in [-0.15, -0.1) is 0 Å². The van der Waals surface area contributed by atoms with E-state index in [0.29, 0.717) is 35.8 Å². The lowest BCUT2D eigenvalue weighted by Crippen LogP contribution is -2.22. The van der Waals surface area contributed by atoms with Crippen LogP contribution in [0.25, 0.3) is 0 Å². The molecule has 0 spiro atoms. The summed E-state index contributed by atoms with van der Waals surface area (Å²) in [5.41, 5.74) is 0.648. The molecule has 0 aromatic heterocycles. The Morgan fingerprint density at radius 1 is 1.44 bits per heavy atom. The Bertz CT molecular complexity index is 480. The number of aliphatic carboxylic acids is 1. The minimum absolute atomic E-state index is 0.321. The van der Waals surface area contributed by atoms with Gasteiger partial charge in [0.15, 0.2) is 0 Å². The van der Waals surface area contributed by atoms with Crippen LogP contribution < -0.4 is 4.74 Å². The van der Waals surface area contributed by atoms with Crippen molar-refractivity contribution < 1.29 is 19.4 Å². The van der Waals surface area contributed by atoms with Crippen LogP contribution in [-0.4, -0.2) is 25.3 Å². The van der Waals surface area contributed by atoms with Crippen LogP contribution in [-0.2, 0) is 21.6 Å². The smallest absolute Gasteiger partial charge is 0.314 e. The van der Waals surface area contributed by atoms with Gasteiger partial charge in [0.2, 0.25) is 0 Å². The summed E-state index contributed by atoms with van der Waals surface area (Å²) in [6, 6.07) is 3.39. The predicted octanol–water partition coefficient (Wildman–Crippen LogP) is 2.61. The number of hydrogen-bond acceptors (Lipinski definition) is 3. The van der Waals surface area contributed by atoms with E-state index in [2.05, 4.69) is 0 Å². The average molecular weight is 271 g/mol. The molecule has 1 aromatic rings. The first-order valence-corrected chi connectivity index (χ1v) is 6.02. The first-order chi connectivity index (χ1) is 8.55. The zero-order chi connectivity index (χ0) is 13.3. The zero-order valence-electron chi connectivity index (χ0n) is 10.3. The van der Waals surface area contributed by atoms with Gasteiger partial charge in [-0.3, -0.25) is 4.79 Å². The zero-order valence-corrected chi connectivity index (χ0v) is 11.1. The first kappa shape index (κ1) is 13.2. The minimum atomic E-state index is -0.830. The summed E-state index contributed by atoms with van der Waals surface area (Å²) in [6.45, 7) is 0.321. The van der Waals surface area contributed by atoms with Crippen LogP contribution in [0.2, 0.25) is 5.02 Å². The molecule has 0 bridgehead atoms. The molecule has 0 unspecified atom stereocenters.